The quantitative estimate of drug-likeness (QED) is 0.184. The molecule has 1 fully saturated rings. The molecule has 0 saturated carbocycles. The van der Waals surface area contributed by atoms with Gasteiger partial charge in [0.2, 0.25) is 11.8 Å². The first-order valence-electron chi connectivity index (χ1n) is 15.6. The van der Waals surface area contributed by atoms with E-state index in [9.17, 15) is 19.5 Å². The molecule has 2 atom stereocenters. The van der Waals surface area contributed by atoms with Gasteiger partial charge in [-0.25, -0.2) is 4.79 Å². The molecule has 1 aliphatic rings. The molecule has 2 heterocycles. The average Bonchev–Trinajstić information content (AvgIpc) is 3.51. The number of amides is 3. The van der Waals surface area contributed by atoms with E-state index in [1.807, 2.05) is 61.5 Å². The number of H-pyrrole nitrogens is 1. The number of aromatic nitrogens is 2. The third kappa shape index (κ3) is 7.93. The fraction of sp³-hybridized carbons (Fsp3) is 0.333. The molecule has 1 aliphatic heterocycles. The van der Waals surface area contributed by atoms with Crippen LogP contribution in [0.2, 0.25) is 0 Å². The Morgan fingerprint density at radius 1 is 1.02 bits per heavy atom. The minimum Gasteiger partial charge on any atom is -0.507 e. The number of piperidine rings is 1. The summed E-state index contributed by atoms with van der Waals surface area (Å²) >= 11 is 0. The van der Waals surface area contributed by atoms with Crippen LogP contribution in [0.25, 0.3) is 22.4 Å². The lowest BCUT2D eigenvalue weighted by atomic mass is 9.97. The van der Waals surface area contributed by atoms with Gasteiger partial charge in [-0.2, -0.15) is 5.10 Å². The van der Waals surface area contributed by atoms with Gasteiger partial charge in [0.05, 0.1) is 11.9 Å². The van der Waals surface area contributed by atoms with Gasteiger partial charge in [-0.3, -0.25) is 14.7 Å². The highest BCUT2D eigenvalue weighted by molar-refractivity contribution is 5.98. The highest BCUT2D eigenvalue weighted by atomic mass is 16.6. The molecule has 1 aromatic heterocycles. The van der Waals surface area contributed by atoms with E-state index >= 15 is 0 Å². The number of carbonyl (C=O) groups excluding carboxylic acids is 3. The zero-order chi connectivity index (χ0) is 32.8. The summed E-state index contributed by atoms with van der Waals surface area (Å²) in [6, 6.07) is 20.6. The lowest BCUT2D eigenvalue weighted by Gasteiger charge is -2.37. The lowest BCUT2D eigenvalue weighted by Crippen LogP contribution is -2.57. The van der Waals surface area contributed by atoms with E-state index in [1.54, 1.807) is 50.1 Å². The van der Waals surface area contributed by atoms with Crippen LogP contribution in [0.3, 0.4) is 0 Å². The average molecular weight is 624 g/mol. The van der Waals surface area contributed by atoms with Crippen LogP contribution in [0.4, 0.5) is 10.5 Å². The molecule has 4 aromatic rings. The summed E-state index contributed by atoms with van der Waals surface area (Å²) in [6.45, 7) is 7.66. The van der Waals surface area contributed by atoms with Gasteiger partial charge in [-0.1, -0.05) is 54.1 Å². The number of benzene rings is 3. The number of rotatable bonds is 8. The minimum absolute atomic E-state index is 0.152. The molecule has 0 bridgehead atoms. The first-order valence-corrected chi connectivity index (χ1v) is 15.6. The van der Waals surface area contributed by atoms with Crippen molar-refractivity contribution in [1.29, 1.82) is 0 Å². The number of phenolic OH excluding ortho intramolecular Hbond substituents is 1. The molecule has 0 spiro atoms. The third-order valence-corrected chi connectivity index (χ3v) is 7.88. The maximum absolute atomic E-state index is 14.0. The van der Waals surface area contributed by atoms with Gasteiger partial charge in [0.25, 0.3) is 0 Å². The first-order chi connectivity index (χ1) is 22.0. The molecule has 10 nitrogen and oxygen atoms in total. The number of phenols is 1. The number of aromatic hydroxyl groups is 1. The van der Waals surface area contributed by atoms with E-state index in [-0.39, 0.29) is 24.0 Å². The van der Waals surface area contributed by atoms with E-state index in [4.69, 9.17) is 4.74 Å². The molecular weight excluding hydrogens is 582 g/mol. The number of likely N-dealkylation sites (tertiary alicyclic amines) is 1. The fourth-order valence-corrected chi connectivity index (χ4v) is 5.69. The van der Waals surface area contributed by atoms with Gasteiger partial charge in [0.1, 0.15) is 23.4 Å². The molecular formula is C36H41N5O5. The predicted molar refractivity (Wildman–Crippen MR) is 177 cm³/mol. The molecule has 1 saturated heterocycles. The van der Waals surface area contributed by atoms with Gasteiger partial charge in [0, 0.05) is 29.8 Å². The number of nitrogens with zero attached hydrogens (tertiary/aromatic N) is 2. The van der Waals surface area contributed by atoms with Crippen LogP contribution in [0.5, 0.6) is 5.75 Å². The van der Waals surface area contributed by atoms with Crippen LogP contribution < -0.4 is 10.6 Å². The molecule has 240 valence electrons. The fourth-order valence-electron chi connectivity index (χ4n) is 5.69. The molecule has 0 aliphatic carbocycles. The van der Waals surface area contributed by atoms with Gasteiger partial charge in [-0.15, -0.1) is 0 Å². The number of aryl methyl sites for hydroxylation is 1. The predicted octanol–water partition coefficient (Wildman–Crippen LogP) is 6.21. The standard InChI is InChI=1S/C36H41N5O5/c1-23-13-18-31(42)27(20-23)32-28(22-37-40-32)25-14-16-26(17-15-25)38-33(43)30-12-8-9-19-41(30)34(44)29(21-24-10-6-5-7-11-24)39-35(45)46-36(2,3)4/h5-7,10-11,13-18,20,22,29-30,42H,8-9,12,19,21H2,1-4H3,(H,37,40)(H,38,43)(H,39,45)/t29-,30+/m1/s1. The smallest absolute Gasteiger partial charge is 0.408 e. The van der Waals surface area contributed by atoms with Crippen molar-refractivity contribution in [3.05, 3.63) is 90.1 Å². The zero-order valence-electron chi connectivity index (χ0n) is 26.7. The second-order valence-electron chi connectivity index (χ2n) is 12.7. The molecule has 10 heteroatoms. The van der Waals surface area contributed by atoms with Crippen molar-refractivity contribution in [2.24, 2.45) is 0 Å². The summed E-state index contributed by atoms with van der Waals surface area (Å²) in [5, 5.41) is 23.4. The Labute approximate surface area is 269 Å². The first kappa shape index (κ1) is 32.3. The number of anilines is 1. The molecule has 5 rings (SSSR count). The number of aromatic amines is 1. The number of ether oxygens (including phenoxy) is 1. The Balaban J connectivity index is 1.31. The maximum Gasteiger partial charge on any atom is 0.408 e. The molecule has 3 amide bonds. The van der Waals surface area contributed by atoms with E-state index in [0.717, 1.165) is 35.1 Å². The number of alkyl carbamates (subject to hydrolysis) is 1. The number of nitrogens with one attached hydrogen (secondary N) is 3. The van der Waals surface area contributed by atoms with Crippen molar-refractivity contribution >= 4 is 23.6 Å². The van der Waals surface area contributed by atoms with E-state index < -0.39 is 23.8 Å². The largest absolute Gasteiger partial charge is 0.507 e. The highest BCUT2D eigenvalue weighted by Crippen LogP contribution is 2.36. The summed E-state index contributed by atoms with van der Waals surface area (Å²) in [6.07, 6.45) is 3.36. The molecule has 0 radical (unpaired) electrons. The second-order valence-corrected chi connectivity index (χ2v) is 12.7. The zero-order valence-corrected chi connectivity index (χ0v) is 26.7. The van der Waals surface area contributed by atoms with E-state index in [0.29, 0.717) is 29.9 Å². The van der Waals surface area contributed by atoms with Gasteiger partial charge in [-0.05, 0) is 82.3 Å². The summed E-state index contributed by atoms with van der Waals surface area (Å²) in [5.74, 6) is -0.458. The van der Waals surface area contributed by atoms with Crippen LogP contribution in [-0.2, 0) is 20.7 Å². The van der Waals surface area contributed by atoms with Crippen molar-refractivity contribution in [1.82, 2.24) is 20.4 Å². The molecule has 46 heavy (non-hydrogen) atoms. The summed E-state index contributed by atoms with van der Waals surface area (Å²) in [4.78, 5) is 42.0. The lowest BCUT2D eigenvalue weighted by molar-refractivity contribution is -0.142. The summed E-state index contributed by atoms with van der Waals surface area (Å²) < 4.78 is 5.46. The van der Waals surface area contributed by atoms with Crippen LogP contribution in [0.1, 0.15) is 51.2 Å². The Morgan fingerprint density at radius 3 is 2.48 bits per heavy atom. The van der Waals surface area contributed by atoms with Crippen molar-refractivity contribution < 1.29 is 24.2 Å². The summed E-state index contributed by atoms with van der Waals surface area (Å²) in [5.41, 5.74) is 4.76. The topological polar surface area (TPSA) is 137 Å². The second kappa shape index (κ2) is 13.9. The van der Waals surface area contributed by atoms with Crippen LogP contribution in [-0.4, -0.2) is 62.3 Å². The highest BCUT2D eigenvalue weighted by Gasteiger charge is 2.37. The normalized spacial score (nSPS) is 15.6. The molecule has 0 unspecified atom stereocenters. The number of hydrogen-bond donors (Lipinski definition) is 4. The number of hydrogen-bond acceptors (Lipinski definition) is 6. The Morgan fingerprint density at radius 2 is 1.76 bits per heavy atom. The monoisotopic (exact) mass is 623 g/mol. The minimum atomic E-state index is -0.901. The van der Waals surface area contributed by atoms with Crippen LogP contribution in [0, 0.1) is 6.92 Å². The molecule has 4 N–H and O–H groups in total. The van der Waals surface area contributed by atoms with Crippen molar-refractivity contribution in [3.8, 4) is 28.1 Å². The summed E-state index contributed by atoms with van der Waals surface area (Å²) in [7, 11) is 0. The molecule has 3 aromatic carbocycles. The van der Waals surface area contributed by atoms with E-state index in [2.05, 4.69) is 20.8 Å². The SMILES string of the molecule is Cc1ccc(O)c(-c2[nH]ncc2-c2ccc(NC(=O)[C@@H]3CCCCN3C(=O)[C@@H](Cc3ccccc3)NC(=O)OC(C)(C)C)cc2)c1. The van der Waals surface area contributed by atoms with Gasteiger partial charge >= 0.3 is 6.09 Å². The third-order valence-electron chi connectivity index (χ3n) is 7.88. The van der Waals surface area contributed by atoms with Gasteiger partial charge < -0.3 is 25.4 Å². The number of carbonyl (C=O) groups is 3. The van der Waals surface area contributed by atoms with Crippen LogP contribution >= 0.6 is 0 Å². The Kier molecular flexibility index (Phi) is 9.75. The van der Waals surface area contributed by atoms with E-state index in [1.165, 1.54) is 0 Å². The Bertz CT molecular complexity index is 1680. The maximum atomic E-state index is 14.0. The van der Waals surface area contributed by atoms with Crippen LogP contribution in [0.15, 0.2) is 79.0 Å². The Hall–Kier alpha value is -5.12. The van der Waals surface area contributed by atoms with Crippen molar-refractivity contribution in [2.45, 2.75) is 71.1 Å². The van der Waals surface area contributed by atoms with Crippen molar-refractivity contribution in [2.75, 3.05) is 11.9 Å². The van der Waals surface area contributed by atoms with Gasteiger partial charge in [0.15, 0.2) is 0 Å². The van der Waals surface area contributed by atoms with Crippen molar-refractivity contribution in [3.63, 3.8) is 0 Å².